The topological polar surface area (TPSA) is 51.0 Å². The van der Waals surface area contributed by atoms with Crippen LogP contribution in [-0.4, -0.2) is 55.5 Å². The number of carbonyl (C=O) groups excluding carboxylic acids is 1. The van der Waals surface area contributed by atoms with Crippen molar-refractivity contribution < 1.29 is 23.6 Å². The molecule has 0 N–H and O–H groups in total. The van der Waals surface area contributed by atoms with Gasteiger partial charge >= 0.3 is 5.97 Å². The van der Waals surface area contributed by atoms with Gasteiger partial charge in [-0.05, 0) is 95.3 Å². The second-order valence-electron chi connectivity index (χ2n) is 15.4. The van der Waals surface area contributed by atoms with E-state index in [1.807, 2.05) is 13.0 Å². The maximum atomic E-state index is 12.3. The van der Waals surface area contributed by atoms with E-state index in [-0.39, 0.29) is 28.5 Å². The average Bonchev–Trinajstić information content (AvgIpc) is 3.79. The Hall–Kier alpha value is -4.26. The van der Waals surface area contributed by atoms with Gasteiger partial charge in [-0.2, -0.15) is 4.58 Å². The number of rotatable bonds is 14. The predicted octanol–water partition coefficient (Wildman–Crippen LogP) is 9.70. The lowest BCUT2D eigenvalue weighted by Gasteiger charge is -2.30. The third-order valence-electron chi connectivity index (χ3n) is 10.9. The van der Waals surface area contributed by atoms with E-state index in [1.165, 1.54) is 44.7 Å². The Balaban J connectivity index is 1.35. The monoisotopic (exact) mass is 687 g/mol. The van der Waals surface area contributed by atoms with Crippen LogP contribution in [0.15, 0.2) is 109 Å². The van der Waals surface area contributed by atoms with Crippen LogP contribution in [0.1, 0.15) is 78.4 Å². The van der Waals surface area contributed by atoms with Gasteiger partial charge in [0, 0.05) is 47.5 Å². The molecule has 51 heavy (non-hydrogen) atoms. The van der Waals surface area contributed by atoms with Crippen LogP contribution in [0, 0.1) is 5.41 Å². The Bertz CT molecular complexity index is 1890. The van der Waals surface area contributed by atoms with Gasteiger partial charge in [-0.15, -0.1) is 6.58 Å². The quantitative estimate of drug-likeness (QED) is 0.0731. The molecule has 3 aliphatic rings. The van der Waals surface area contributed by atoms with E-state index in [9.17, 15) is 4.79 Å². The minimum Gasteiger partial charge on any atom is -0.466 e. The normalized spacial score (nSPS) is 21.1. The van der Waals surface area contributed by atoms with Gasteiger partial charge in [0.2, 0.25) is 5.69 Å². The number of benzene rings is 3. The Kier molecular flexibility index (Phi) is 10.9. The highest BCUT2D eigenvalue weighted by molar-refractivity contribution is 6.07. The molecule has 0 spiro atoms. The number of hydrogen-bond acceptors (Lipinski definition) is 5. The summed E-state index contributed by atoms with van der Waals surface area (Å²) in [5.74, 6) is -0.130. The largest absolute Gasteiger partial charge is 0.466 e. The molecule has 3 heterocycles. The summed E-state index contributed by atoms with van der Waals surface area (Å²) in [7, 11) is 0. The molecule has 0 aliphatic carbocycles. The zero-order chi connectivity index (χ0) is 36.2. The molecular formula is C45H55N2O4+. The van der Waals surface area contributed by atoms with Gasteiger partial charge < -0.3 is 19.1 Å². The van der Waals surface area contributed by atoms with E-state index >= 15 is 0 Å². The molecule has 0 amide bonds. The van der Waals surface area contributed by atoms with E-state index in [4.69, 9.17) is 14.2 Å². The van der Waals surface area contributed by atoms with E-state index in [0.717, 1.165) is 32.4 Å². The first-order valence-electron chi connectivity index (χ1n) is 18.6. The molecule has 0 radical (unpaired) electrons. The molecule has 0 bridgehead atoms. The summed E-state index contributed by atoms with van der Waals surface area (Å²) < 4.78 is 19.8. The predicted molar refractivity (Wildman–Crippen MR) is 209 cm³/mol. The van der Waals surface area contributed by atoms with Gasteiger partial charge in [0.1, 0.15) is 0 Å². The Labute approximate surface area is 304 Å². The standard InChI is InChI=1S/C45H55N2O4/c1-8-10-29-46-36-22-17-16-21-35(36)45(7,28-18-25-40(48)49-9-2)39(46)24-13-11-12-23-38-44(5,6)41-34-20-15-14-19-33(34)26-27-37(41)47(38)32-43(3,4)42-50-30-31-51-42/h8,11-17,19-24,26-27,42H,1,9-10,18,25,28-32H2,2-7H3/q+1. The van der Waals surface area contributed by atoms with Crippen molar-refractivity contribution in [3.8, 4) is 0 Å². The summed E-state index contributed by atoms with van der Waals surface area (Å²) >= 11 is 0. The summed E-state index contributed by atoms with van der Waals surface area (Å²) in [6.45, 7) is 20.6. The molecule has 1 atom stereocenters. The number of nitrogens with zero attached hydrogens (tertiary/aromatic N) is 2. The van der Waals surface area contributed by atoms with E-state index in [1.54, 1.807) is 0 Å². The van der Waals surface area contributed by atoms with Gasteiger partial charge in [-0.1, -0.05) is 66.8 Å². The van der Waals surface area contributed by atoms with Crippen molar-refractivity contribution in [1.82, 2.24) is 0 Å². The maximum absolute atomic E-state index is 12.3. The molecule has 0 aromatic heterocycles. The van der Waals surface area contributed by atoms with Crippen molar-refractivity contribution >= 4 is 33.8 Å². The fraction of sp³-hybridized carbons (Fsp3) is 0.422. The van der Waals surface area contributed by atoms with Crippen LogP contribution in [0.3, 0.4) is 0 Å². The summed E-state index contributed by atoms with van der Waals surface area (Å²) in [6, 6.07) is 21.9. The first-order valence-corrected chi connectivity index (χ1v) is 18.6. The van der Waals surface area contributed by atoms with Crippen LogP contribution in [0.25, 0.3) is 10.8 Å². The summed E-state index contributed by atoms with van der Waals surface area (Å²) in [5, 5.41) is 2.55. The number of carbonyl (C=O) groups is 1. The lowest BCUT2D eigenvalue weighted by molar-refractivity contribution is -0.463. The van der Waals surface area contributed by atoms with E-state index in [0.29, 0.717) is 26.2 Å². The van der Waals surface area contributed by atoms with Crippen molar-refractivity contribution in [2.75, 3.05) is 37.8 Å². The summed E-state index contributed by atoms with van der Waals surface area (Å²) in [5.41, 5.74) is 6.93. The van der Waals surface area contributed by atoms with Gasteiger partial charge in [0.25, 0.3) is 0 Å². The molecule has 1 saturated heterocycles. The highest BCUT2D eigenvalue weighted by Crippen LogP contribution is 2.51. The molecule has 1 fully saturated rings. The number of hydrogen-bond donors (Lipinski definition) is 0. The second kappa shape index (κ2) is 15.1. The zero-order valence-corrected chi connectivity index (χ0v) is 31.4. The molecule has 1 unspecified atom stereocenters. The fourth-order valence-corrected chi connectivity index (χ4v) is 8.41. The highest BCUT2D eigenvalue weighted by Gasteiger charge is 2.49. The molecule has 0 saturated carbocycles. The van der Waals surface area contributed by atoms with Crippen LogP contribution < -0.4 is 4.90 Å². The van der Waals surface area contributed by atoms with Crippen molar-refractivity contribution in [2.45, 2.75) is 84.3 Å². The Morgan fingerprint density at radius 3 is 2.53 bits per heavy atom. The Morgan fingerprint density at radius 1 is 1.02 bits per heavy atom. The number of esters is 1. The van der Waals surface area contributed by atoms with E-state index < -0.39 is 0 Å². The van der Waals surface area contributed by atoms with Gasteiger partial charge in [-0.25, -0.2) is 0 Å². The fourth-order valence-electron chi connectivity index (χ4n) is 8.41. The minimum atomic E-state index is -0.243. The van der Waals surface area contributed by atoms with E-state index in [2.05, 4.69) is 142 Å². The van der Waals surface area contributed by atoms with Crippen molar-refractivity contribution in [1.29, 1.82) is 0 Å². The molecule has 3 aromatic carbocycles. The summed E-state index contributed by atoms with van der Waals surface area (Å²) in [4.78, 5) is 14.7. The van der Waals surface area contributed by atoms with Crippen molar-refractivity contribution in [3.05, 3.63) is 121 Å². The summed E-state index contributed by atoms with van der Waals surface area (Å²) in [6.07, 6.45) is 15.7. The van der Waals surface area contributed by atoms with Crippen LogP contribution in [0.4, 0.5) is 11.4 Å². The molecule has 3 aliphatic heterocycles. The molecule has 6 heteroatoms. The minimum absolute atomic E-state index is 0.130. The molecular weight excluding hydrogens is 633 g/mol. The van der Waals surface area contributed by atoms with Crippen LogP contribution in [0.2, 0.25) is 0 Å². The van der Waals surface area contributed by atoms with Gasteiger partial charge in [0.05, 0.1) is 30.7 Å². The van der Waals surface area contributed by atoms with Gasteiger partial charge in [-0.3, -0.25) is 4.79 Å². The van der Waals surface area contributed by atoms with Crippen LogP contribution in [-0.2, 0) is 29.8 Å². The molecule has 6 rings (SSSR count). The van der Waals surface area contributed by atoms with Crippen LogP contribution in [0.5, 0.6) is 0 Å². The molecule has 268 valence electrons. The Morgan fingerprint density at radius 2 is 1.76 bits per heavy atom. The third kappa shape index (κ3) is 7.14. The number of anilines is 1. The molecule has 6 nitrogen and oxygen atoms in total. The highest BCUT2D eigenvalue weighted by atomic mass is 16.7. The first kappa shape index (κ1) is 36.5. The number of ether oxygens (including phenoxy) is 3. The first-order chi connectivity index (χ1) is 24.5. The average molecular weight is 688 g/mol. The van der Waals surface area contributed by atoms with Crippen LogP contribution >= 0.6 is 0 Å². The van der Waals surface area contributed by atoms with Crippen molar-refractivity contribution in [3.63, 3.8) is 0 Å². The second-order valence-corrected chi connectivity index (χ2v) is 15.4. The number of allylic oxidation sites excluding steroid dienone is 6. The SMILES string of the molecule is C=CCCN1/C(=C/C=C/C=C/C2=[N+](CC(C)(C)C3OCCO3)c3ccc4ccccc4c3C2(C)C)C(C)(CCCC(=O)OCC)c2ccccc21. The molecule has 3 aromatic rings. The smallest absolute Gasteiger partial charge is 0.305 e. The lowest BCUT2D eigenvalue weighted by Crippen LogP contribution is -2.39. The van der Waals surface area contributed by atoms with Crippen molar-refractivity contribution in [2.24, 2.45) is 5.41 Å². The lowest BCUT2D eigenvalue weighted by atomic mass is 9.77. The van der Waals surface area contributed by atoms with Gasteiger partial charge in [0.15, 0.2) is 18.5 Å². The number of fused-ring (bicyclic) bond motifs is 4. The maximum Gasteiger partial charge on any atom is 0.305 e. The number of para-hydroxylation sites is 1. The third-order valence-corrected chi connectivity index (χ3v) is 10.9. The zero-order valence-electron chi connectivity index (χ0n) is 31.4.